The number of nitrogens with zero attached hydrogens (tertiary/aromatic N) is 1. The molecule has 0 saturated carbocycles. The Kier molecular flexibility index (Phi) is 11.5. The lowest BCUT2D eigenvalue weighted by atomic mass is 9.85. The van der Waals surface area contributed by atoms with Crippen LogP contribution in [0.3, 0.4) is 0 Å². The van der Waals surface area contributed by atoms with Gasteiger partial charge in [0, 0.05) is 52.2 Å². The molecule has 0 aromatic heterocycles. The molecule has 12 heteroatoms. The molecule has 1 aliphatic heterocycles. The first-order valence-electron chi connectivity index (χ1n) is 15.0. The minimum atomic E-state index is -3.82. The lowest BCUT2D eigenvalue weighted by Crippen LogP contribution is -2.49. The quantitative estimate of drug-likeness (QED) is 0.138. The number of hydrogen-bond donors (Lipinski definition) is 2. The zero-order valence-corrected chi connectivity index (χ0v) is 28.3. The van der Waals surface area contributed by atoms with Gasteiger partial charge in [0.25, 0.3) is 5.91 Å². The molecule has 8 nitrogen and oxygen atoms in total. The Hall–Kier alpha value is -3.60. The number of halogens is 3. The van der Waals surface area contributed by atoms with Crippen LogP contribution in [0, 0.1) is 0 Å². The SMILES string of the molecule is O=C(NCCc1cccc(Cl)c1)[C@]1(CCS(=O)(=O)c2ccccc2)N=C(c2ccc(OCCCO)cc2)O[C@@H]1c1ccc(Cl)cc1Cl. The van der Waals surface area contributed by atoms with Crippen molar-refractivity contribution in [3.8, 4) is 5.75 Å². The number of sulfone groups is 1. The van der Waals surface area contributed by atoms with E-state index in [0.717, 1.165) is 5.56 Å². The van der Waals surface area contributed by atoms with E-state index in [9.17, 15) is 13.2 Å². The molecule has 0 fully saturated rings. The number of ether oxygens (including phenoxy) is 2. The first-order valence-corrected chi connectivity index (χ1v) is 17.8. The number of nitrogens with one attached hydrogen (secondary N) is 1. The number of benzene rings is 4. The van der Waals surface area contributed by atoms with Crippen molar-refractivity contribution in [3.05, 3.63) is 129 Å². The topological polar surface area (TPSA) is 114 Å². The van der Waals surface area contributed by atoms with Gasteiger partial charge >= 0.3 is 0 Å². The third kappa shape index (κ3) is 8.47. The average Bonchev–Trinajstić information content (AvgIpc) is 3.45. The number of aliphatic hydroxyl groups excluding tert-OH is 1. The van der Waals surface area contributed by atoms with Crippen molar-refractivity contribution >= 4 is 56.4 Å². The Bertz CT molecular complexity index is 1840. The summed E-state index contributed by atoms with van der Waals surface area (Å²) in [6, 6.07) is 27.2. The summed E-state index contributed by atoms with van der Waals surface area (Å²) in [7, 11) is -3.82. The molecular weight excluding hydrogens is 683 g/mol. The van der Waals surface area contributed by atoms with Gasteiger partial charge in [-0.15, -0.1) is 0 Å². The lowest BCUT2D eigenvalue weighted by molar-refractivity contribution is -0.129. The lowest BCUT2D eigenvalue weighted by Gasteiger charge is -2.31. The van der Waals surface area contributed by atoms with E-state index in [0.29, 0.717) is 46.4 Å². The predicted octanol–water partition coefficient (Wildman–Crippen LogP) is 6.89. The molecule has 4 aromatic carbocycles. The minimum Gasteiger partial charge on any atom is -0.494 e. The van der Waals surface area contributed by atoms with Crippen LogP contribution in [-0.2, 0) is 25.8 Å². The van der Waals surface area contributed by atoms with E-state index in [1.54, 1.807) is 66.7 Å². The highest BCUT2D eigenvalue weighted by atomic mass is 35.5. The molecule has 1 aliphatic rings. The summed E-state index contributed by atoms with van der Waals surface area (Å²) in [5.74, 6) is -0.182. The molecule has 2 N–H and O–H groups in total. The minimum absolute atomic E-state index is 0.0145. The zero-order valence-electron chi connectivity index (χ0n) is 25.2. The first-order chi connectivity index (χ1) is 22.6. The van der Waals surface area contributed by atoms with Crippen molar-refractivity contribution in [2.24, 2.45) is 4.99 Å². The Morgan fingerprint density at radius 2 is 1.68 bits per heavy atom. The van der Waals surface area contributed by atoms with Crippen LogP contribution in [-0.4, -0.2) is 56.4 Å². The van der Waals surface area contributed by atoms with Gasteiger partial charge in [0.1, 0.15) is 5.75 Å². The highest BCUT2D eigenvalue weighted by Crippen LogP contribution is 2.45. The maximum Gasteiger partial charge on any atom is 0.252 e. The second kappa shape index (κ2) is 15.5. The number of hydrogen-bond acceptors (Lipinski definition) is 7. The Morgan fingerprint density at radius 1 is 0.936 bits per heavy atom. The molecule has 0 unspecified atom stereocenters. The molecule has 0 aliphatic carbocycles. The molecule has 1 amide bonds. The van der Waals surface area contributed by atoms with Crippen molar-refractivity contribution in [2.75, 3.05) is 25.5 Å². The van der Waals surface area contributed by atoms with E-state index in [2.05, 4.69) is 5.32 Å². The highest BCUT2D eigenvalue weighted by molar-refractivity contribution is 7.91. The molecule has 5 rings (SSSR count). The van der Waals surface area contributed by atoms with Crippen LogP contribution in [0.2, 0.25) is 15.1 Å². The maximum atomic E-state index is 14.4. The van der Waals surface area contributed by atoms with E-state index in [1.165, 1.54) is 12.1 Å². The fourth-order valence-corrected chi connectivity index (χ4v) is 7.37. The van der Waals surface area contributed by atoms with Crippen LogP contribution in [0.25, 0.3) is 0 Å². The summed E-state index contributed by atoms with van der Waals surface area (Å²) in [6.07, 6.45) is -0.323. The van der Waals surface area contributed by atoms with Crippen LogP contribution in [0.4, 0.5) is 0 Å². The third-order valence-corrected chi connectivity index (χ3v) is 10.2. The Morgan fingerprint density at radius 3 is 2.38 bits per heavy atom. The summed E-state index contributed by atoms with van der Waals surface area (Å²) in [5, 5.41) is 13.2. The van der Waals surface area contributed by atoms with Gasteiger partial charge in [-0.2, -0.15) is 0 Å². The van der Waals surface area contributed by atoms with Crippen molar-refractivity contribution in [1.29, 1.82) is 0 Å². The van der Waals surface area contributed by atoms with Crippen LogP contribution in [0.15, 0.2) is 107 Å². The van der Waals surface area contributed by atoms with E-state index >= 15 is 0 Å². The van der Waals surface area contributed by atoms with E-state index in [1.807, 2.05) is 18.2 Å². The molecule has 1 heterocycles. The van der Waals surface area contributed by atoms with Crippen LogP contribution in [0.5, 0.6) is 5.75 Å². The standard InChI is InChI=1S/C35H33Cl3N2O6S/c36-26-7-4-6-24(22-26)16-18-39-34(42)35(17-21-47(43,44)29-8-2-1-3-9-29)32(30-15-12-27(37)23-31(30)38)46-33(40-35)25-10-13-28(14-11-25)45-20-5-19-41/h1-4,6-15,22-23,32,41H,5,16-21H2,(H,39,42)/t32-,35-/m1/s1. The molecule has 0 bridgehead atoms. The van der Waals surface area contributed by atoms with Gasteiger partial charge in [0.05, 0.1) is 17.3 Å². The second-order valence-corrected chi connectivity index (χ2v) is 14.4. The summed E-state index contributed by atoms with van der Waals surface area (Å²) >= 11 is 19.1. The second-order valence-electron chi connectivity index (χ2n) is 11.0. The largest absolute Gasteiger partial charge is 0.494 e. The smallest absolute Gasteiger partial charge is 0.252 e. The number of rotatable bonds is 14. The highest BCUT2D eigenvalue weighted by Gasteiger charge is 2.54. The summed E-state index contributed by atoms with van der Waals surface area (Å²) in [5.41, 5.74) is 0.179. The average molecular weight is 716 g/mol. The Labute approximate surface area is 289 Å². The van der Waals surface area contributed by atoms with Crippen molar-refractivity contribution in [1.82, 2.24) is 5.32 Å². The summed E-state index contributed by atoms with van der Waals surface area (Å²) in [6.45, 7) is 0.595. The van der Waals surface area contributed by atoms with Crippen molar-refractivity contribution in [2.45, 2.75) is 35.8 Å². The fraction of sp³-hybridized carbons (Fsp3) is 0.257. The summed E-state index contributed by atoms with van der Waals surface area (Å²) < 4.78 is 39.2. The van der Waals surface area contributed by atoms with Gasteiger partial charge < -0.3 is 19.9 Å². The molecule has 47 heavy (non-hydrogen) atoms. The van der Waals surface area contributed by atoms with Crippen LogP contribution >= 0.6 is 34.8 Å². The summed E-state index contributed by atoms with van der Waals surface area (Å²) in [4.78, 5) is 19.4. The van der Waals surface area contributed by atoms with Crippen LogP contribution in [0.1, 0.15) is 35.6 Å². The zero-order chi connectivity index (χ0) is 33.4. The van der Waals surface area contributed by atoms with E-state index in [-0.39, 0.29) is 35.4 Å². The monoisotopic (exact) mass is 714 g/mol. The predicted molar refractivity (Wildman–Crippen MR) is 184 cm³/mol. The maximum absolute atomic E-state index is 14.4. The molecule has 0 radical (unpaired) electrons. The van der Waals surface area contributed by atoms with Gasteiger partial charge in [0.15, 0.2) is 21.5 Å². The number of amides is 1. The van der Waals surface area contributed by atoms with Gasteiger partial charge in [0.2, 0.25) is 5.90 Å². The number of carbonyl (C=O) groups excluding carboxylic acids is 1. The normalized spacial score (nSPS) is 17.5. The molecule has 2 atom stereocenters. The molecule has 246 valence electrons. The molecule has 4 aromatic rings. The van der Waals surface area contributed by atoms with Gasteiger partial charge in [-0.05, 0) is 72.6 Å². The van der Waals surface area contributed by atoms with Crippen molar-refractivity contribution in [3.63, 3.8) is 0 Å². The third-order valence-electron chi connectivity index (χ3n) is 7.72. The number of aliphatic hydroxyl groups is 1. The first kappa shape index (κ1) is 34.7. The van der Waals surface area contributed by atoms with Crippen LogP contribution < -0.4 is 10.1 Å². The molecular formula is C35H33Cl3N2O6S. The molecule has 0 saturated heterocycles. The van der Waals surface area contributed by atoms with E-state index in [4.69, 9.17) is 54.4 Å². The van der Waals surface area contributed by atoms with Gasteiger partial charge in [-0.1, -0.05) is 71.2 Å². The number of carbonyl (C=O) groups is 1. The molecule has 0 spiro atoms. The Balaban J connectivity index is 1.54. The van der Waals surface area contributed by atoms with Crippen molar-refractivity contribution < 1.29 is 27.8 Å². The van der Waals surface area contributed by atoms with E-state index < -0.39 is 33.1 Å². The van der Waals surface area contributed by atoms with Gasteiger partial charge in [-0.25, -0.2) is 13.4 Å². The van der Waals surface area contributed by atoms with Gasteiger partial charge in [-0.3, -0.25) is 4.79 Å². The fourth-order valence-electron chi connectivity index (χ4n) is 5.26. The number of aliphatic imine (C=N–C) groups is 1.